The second kappa shape index (κ2) is 7.40. The third-order valence-electron chi connectivity index (χ3n) is 5.20. The molecule has 2 amide bonds. The lowest BCUT2D eigenvalue weighted by Crippen LogP contribution is -2.56. The topological polar surface area (TPSA) is 57.2 Å². The number of guanidine groups is 1. The van der Waals surface area contributed by atoms with Gasteiger partial charge in [0.2, 0.25) is 5.96 Å². The van der Waals surface area contributed by atoms with Crippen molar-refractivity contribution >= 4 is 17.7 Å². The van der Waals surface area contributed by atoms with Gasteiger partial charge in [0.05, 0.1) is 18.8 Å². The fourth-order valence-corrected chi connectivity index (χ4v) is 3.61. The SMILES string of the molecule is COc1ccc(N=C2NC(=O)N(C)C3=CCC(c4cc(F)c(F)c(F)c4)N32)c(C)c1. The van der Waals surface area contributed by atoms with Crippen LogP contribution < -0.4 is 10.1 Å². The Labute approximate surface area is 171 Å². The van der Waals surface area contributed by atoms with Crippen LogP contribution in [-0.4, -0.2) is 35.9 Å². The number of amides is 2. The Hall–Kier alpha value is -3.49. The highest BCUT2D eigenvalue weighted by molar-refractivity contribution is 6.02. The summed E-state index contributed by atoms with van der Waals surface area (Å²) in [6.07, 6.45) is 2.14. The molecule has 0 bridgehead atoms. The van der Waals surface area contributed by atoms with Crippen LogP contribution in [0.3, 0.4) is 0 Å². The van der Waals surface area contributed by atoms with Gasteiger partial charge in [0.15, 0.2) is 17.5 Å². The van der Waals surface area contributed by atoms with Gasteiger partial charge in [-0.15, -0.1) is 0 Å². The van der Waals surface area contributed by atoms with Gasteiger partial charge in [-0.1, -0.05) is 0 Å². The molecule has 1 unspecified atom stereocenters. The van der Waals surface area contributed by atoms with Gasteiger partial charge in [-0.2, -0.15) is 0 Å². The molecule has 0 aromatic heterocycles. The van der Waals surface area contributed by atoms with Crippen LogP contribution in [0.25, 0.3) is 0 Å². The van der Waals surface area contributed by atoms with Gasteiger partial charge in [-0.05, 0) is 60.9 Å². The average molecular weight is 416 g/mol. The van der Waals surface area contributed by atoms with Crippen molar-refractivity contribution < 1.29 is 22.7 Å². The lowest BCUT2D eigenvalue weighted by Gasteiger charge is -2.38. The summed E-state index contributed by atoms with van der Waals surface area (Å²) in [4.78, 5) is 20.0. The van der Waals surface area contributed by atoms with E-state index in [2.05, 4.69) is 10.3 Å². The number of hydrogen-bond donors (Lipinski definition) is 1. The number of carbonyl (C=O) groups is 1. The molecule has 2 aromatic carbocycles. The Morgan fingerprint density at radius 2 is 1.87 bits per heavy atom. The van der Waals surface area contributed by atoms with Gasteiger partial charge in [0, 0.05) is 7.05 Å². The lowest BCUT2D eigenvalue weighted by molar-refractivity contribution is 0.199. The molecule has 1 fully saturated rings. The van der Waals surface area contributed by atoms with Crippen LogP contribution in [0.15, 0.2) is 47.2 Å². The molecule has 1 atom stereocenters. The van der Waals surface area contributed by atoms with E-state index in [1.54, 1.807) is 43.3 Å². The fraction of sp³-hybridized carbons (Fsp3) is 0.238. The van der Waals surface area contributed by atoms with Crippen molar-refractivity contribution in [3.63, 3.8) is 0 Å². The first kappa shape index (κ1) is 19.8. The van der Waals surface area contributed by atoms with Gasteiger partial charge in [-0.25, -0.2) is 23.0 Å². The molecule has 6 nitrogen and oxygen atoms in total. The van der Waals surface area contributed by atoms with Crippen LogP contribution >= 0.6 is 0 Å². The number of halogens is 3. The molecule has 1 N–H and O–H groups in total. The number of benzene rings is 2. The van der Waals surface area contributed by atoms with Crippen LogP contribution in [0.4, 0.5) is 23.7 Å². The molecular formula is C21H19F3N4O2. The molecule has 30 heavy (non-hydrogen) atoms. The molecular weight excluding hydrogens is 397 g/mol. The van der Waals surface area contributed by atoms with Crippen molar-refractivity contribution in [1.29, 1.82) is 0 Å². The van der Waals surface area contributed by atoms with Crippen molar-refractivity contribution in [2.75, 3.05) is 14.2 Å². The molecule has 2 aliphatic rings. The number of hydrogen-bond acceptors (Lipinski definition) is 3. The van der Waals surface area contributed by atoms with Crippen molar-refractivity contribution in [2.45, 2.75) is 19.4 Å². The predicted octanol–water partition coefficient (Wildman–Crippen LogP) is 4.35. The molecule has 0 saturated carbocycles. The third kappa shape index (κ3) is 3.26. The van der Waals surface area contributed by atoms with Gasteiger partial charge < -0.3 is 4.74 Å². The molecule has 2 aromatic rings. The Bertz CT molecular complexity index is 1080. The van der Waals surface area contributed by atoms with Crippen molar-refractivity contribution in [1.82, 2.24) is 15.1 Å². The second-order valence-electron chi connectivity index (χ2n) is 7.06. The summed E-state index contributed by atoms with van der Waals surface area (Å²) >= 11 is 0. The maximum absolute atomic E-state index is 13.9. The van der Waals surface area contributed by atoms with Crippen LogP contribution in [0, 0.1) is 24.4 Å². The van der Waals surface area contributed by atoms with E-state index in [-0.39, 0.29) is 17.6 Å². The Morgan fingerprint density at radius 3 is 2.50 bits per heavy atom. The molecule has 2 heterocycles. The van der Waals surface area contributed by atoms with Crippen LogP contribution in [0.5, 0.6) is 5.75 Å². The Morgan fingerprint density at radius 1 is 1.17 bits per heavy atom. The second-order valence-corrected chi connectivity index (χ2v) is 7.06. The maximum Gasteiger partial charge on any atom is 0.329 e. The quantitative estimate of drug-likeness (QED) is 0.757. The smallest absolute Gasteiger partial charge is 0.329 e. The van der Waals surface area contributed by atoms with E-state index in [4.69, 9.17) is 4.74 Å². The summed E-state index contributed by atoms with van der Waals surface area (Å²) in [6.45, 7) is 1.85. The first-order chi connectivity index (χ1) is 14.3. The molecule has 2 aliphatic heterocycles. The van der Waals surface area contributed by atoms with E-state index >= 15 is 0 Å². The zero-order valence-electron chi connectivity index (χ0n) is 16.5. The van der Waals surface area contributed by atoms with Gasteiger partial charge in [0.1, 0.15) is 11.6 Å². The number of nitrogens with zero attached hydrogens (tertiary/aromatic N) is 3. The van der Waals surface area contributed by atoms with Crippen LogP contribution in [0.1, 0.15) is 23.6 Å². The molecule has 1 saturated heterocycles. The number of urea groups is 1. The van der Waals surface area contributed by atoms with E-state index < -0.39 is 23.5 Å². The Balaban J connectivity index is 1.78. The molecule has 9 heteroatoms. The number of aryl methyl sites for hydroxylation is 1. The lowest BCUT2D eigenvalue weighted by atomic mass is 10.0. The van der Waals surface area contributed by atoms with Crippen molar-refractivity contribution in [3.8, 4) is 5.75 Å². The van der Waals surface area contributed by atoms with E-state index in [0.717, 1.165) is 17.7 Å². The molecule has 156 valence electrons. The summed E-state index contributed by atoms with van der Waals surface area (Å²) in [7, 11) is 3.14. The molecule has 4 rings (SSSR count). The Kier molecular flexibility index (Phi) is 4.89. The number of fused-ring (bicyclic) bond motifs is 1. The highest BCUT2D eigenvalue weighted by Crippen LogP contribution is 2.39. The summed E-state index contributed by atoms with van der Waals surface area (Å²) < 4.78 is 46.3. The normalized spacial score (nSPS) is 19.7. The standard InChI is InChI=1S/C21H19F3N4O2/c1-11-8-13(30-3)4-5-16(11)25-20-26-21(29)27(2)18-7-6-17(28(18)20)12-9-14(22)19(24)15(23)10-12/h4-5,7-10,17H,6H2,1-3H3,(H,25,26,29). The number of nitrogens with one attached hydrogen (secondary N) is 1. The minimum Gasteiger partial charge on any atom is -0.497 e. The van der Waals surface area contributed by atoms with E-state index in [1.807, 2.05) is 6.92 Å². The third-order valence-corrected chi connectivity index (χ3v) is 5.20. The zero-order valence-corrected chi connectivity index (χ0v) is 16.5. The first-order valence-corrected chi connectivity index (χ1v) is 9.22. The van der Waals surface area contributed by atoms with Gasteiger partial charge in [-0.3, -0.25) is 15.1 Å². The minimum atomic E-state index is -1.52. The number of carbonyl (C=O) groups excluding carboxylic acids is 1. The van der Waals surface area contributed by atoms with Gasteiger partial charge in [0.25, 0.3) is 0 Å². The zero-order chi connectivity index (χ0) is 21.6. The monoisotopic (exact) mass is 416 g/mol. The first-order valence-electron chi connectivity index (χ1n) is 9.22. The number of ether oxygens (including phenoxy) is 1. The number of methoxy groups -OCH3 is 1. The summed E-state index contributed by atoms with van der Waals surface area (Å²) in [5.74, 6) is -2.64. The highest BCUT2D eigenvalue weighted by atomic mass is 19.2. The van der Waals surface area contributed by atoms with E-state index in [0.29, 0.717) is 23.7 Å². The predicted molar refractivity (Wildman–Crippen MR) is 105 cm³/mol. The van der Waals surface area contributed by atoms with Crippen LogP contribution in [0.2, 0.25) is 0 Å². The van der Waals surface area contributed by atoms with Crippen molar-refractivity contribution in [2.24, 2.45) is 4.99 Å². The number of rotatable bonds is 3. The highest BCUT2D eigenvalue weighted by Gasteiger charge is 2.40. The van der Waals surface area contributed by atoms with E-state index in [9.17, 15) is 18.0 Å². The summed E-state index contributed by atoms with van der Waals surface area (Å²) in [6, 6.07) is 6.27. The fourth-order valence-electron chi connectivity index (χ4n) is 3.61. The largest absolute Gasteiger partial charge is 0.497 e. The van der Waals surface area contributed by atoms with Crippen LogP contribution in [-0.2, 0) is 0 Å². The minimum absolute atomic E-state index is 0.213. The molecule has 0 spiro atoms. The van der Waals surface area contributed by atoms with Crippen molar-refractivity contribution in [3.05, 3.63) is 70.8 Å². The number of aliphatic imine (C=N–C) groups is 1. The molecule has 0 radical (unpaired) electrons. The van der Waals surface area contributed by atoms with Gasteiger partial charge >= 0.3 is 6.03 Å². The van der Waals surface area contributed by atoms with E-state index in [1.165, 1.54) is 4.90 Å². The summed E-state index contributed by atoms with van der Waals surface area (Å²) in [5.41, 5.74) is 1.65. The summed E-state index contributed by atoms with van der Waals surface area (Å²) in [5, 5.41) is 2.71. The average Bonchev–Trinajstić information content (AvgIpc) is 3.16. The molecule has 0 aliphatic carbocycles. The maximum atomic E-state index is 13.9.